The van der Waals surface area contributed by atoms with Crippen LogP contribution in [0, 0.1) is 0 Å². The molecular weight excluding hydrogens is 640 g/mol. The Bertz CT molecular complexity index is 1560. The molecule has 2 aromatic carbocycles. The van der Waals surface area contributed by atoms with Gasteiger partial charge in [-0.1, -0.05) is 89.0 Å². The van der Waals surface area contributed by atoms with Crippen LogP contribution in [0.25, 0.3) is 11.1 Å². The molecule has 0 saturated heterocycles. The van der Waals surface area contributed by atoms with Crippen molar-refractivity contribution in [2.75, 3.05) is 26.2 Å². The summed E-state index contributed by atoms with van der Waals surface area (Å²) in [6, 6.07) is 17.0. The van der Waals surface area contributed by atoms with E-state index in [2.05, 4.69) is 17.6 Å². The Morgan fingerprint density at radius 3 is 1.90 bits per heavy atom. The van der Waals surface area contributed by atoms with E-state index in [-0.39, 0.29) is 36.7 Å². The third-order valence-corrected chi connectivity index (χ3v) is 9.23. The molecule has 51 heavy (non-hydrogen) atoms. The smallest absolute Gasteiger partial charge is 0.254 e. The highest BCUT2D eigenvalue weighted by atomic mass is 16.3. The summed E-state index contributed by atoms with van der Waals surface area (Å²) < 4.78 is 5.78. The number of hydrogen-bond donors (Lipinski definition) is 2. The highest BCUT2D eigenvalue weighted by Gasteiger charge is 2.34. The van der Waals surface area contributed by atoms with Gasteiger partial charge < -0.3 is 24.9 Å². The summed E-state index contributed by atoms with van der Waals surface area (Å²) in [5.74, 6) is -0.645. The van der Waals surface area contributed by atoms with Crippen molar-refractivity contribution in [3.05, 3.63) is 83.8 Å². The minimum atomic E-state index is -0.967. The molecule has 1 unspecified atom stereocenters. The lowest BCUT2D eigenvalue weighted by atomic mass is 9.99. The lowest BCUT2D eigenvalue weighted by Crippen LogP contribution is -2.47. The second kappa shape index (κ2) is 19.8. The fraction of sp³-hybridized carbons (Fsp3) is 0.524. The molecule has 0 aliphatic carbocycles. The quantitative estimate of drug-likeness (QED) is 0.146. The van der Waals surface area contributed by atoms with Crippen LogP contribution < -0.4 is 10.6 Å². The van der Waals surface area contributed by atoms with Crippen LogP contribution in [0.4, 0.5) is 0 Å². The topological polar surface area (TPSA) is 112 Å². The number of rotatable bonds is 16. The molecule has 1 aliphatic heterocycles. The van der Waals surface area contributed by atoms with Crippen molar-refractivity contribution in [3.63, 3.8) is 0 Å². The Hall–Kier alpha value is -4.40. The number of fused-ring (bicyclic) bond motifs is 5. The van der Waals surface area contributed by atoms with Crippen molar-refractivity contribution in [3.8, 4) is 11.1 Å². The number of benzene rings is 2. The maximum absolute atomic E-state index is 14.4. The van der Waals surface area contributed by atoms with Crippen LogP contribution in [0.15, 0.2) is 71.3 Å². The fourth-order valence-electron chi connectivity index (χ4n) is 6.62. The van der Waals surface area contributed by atoms with E-state index in [1.165, 1.54) is 51.2 Å². The number of amides is 4. The third-order valence-electron chi connectivity index (χ3n) is 9.23. The van der Waals surface area contributed by atoms with Crippen LogP contribution in [-0.2, 0) is 9.59 Å². The van der Waals surface area contributed by atoms with Gasteiger partial charge in [-0.3, -0.25) is 19.2 Å². The SMILES string of the molecule is CCCCCCCCCCCCNC(=O)C(c1ccco1)N1CCCCN(CC(=O)NC(C)(C)C)C(=O)c2cccc(c2)-c2cccc(c2)C1=O. The Kier molecular flexibility index (Phi) is 15.3. The second-order valence-corrected chi connectivity index (χ2v) is 14.8. The molecule has 1 aromatic heterocycles. The normalized spacial score (nSPS) is 14.6. The van der Waals surface area contributed by atoms with E-state index in [0.29, 0.717) is 42.8 Å². The second-order valence-electron chi connectivity index (χ2n) is 14.8. The van der Waals surface area contributed by atoms with Gasteiger partial charge >= 0.3 is 0 Å². The van der Waals surface area contributed by atoms with Gasteiger partial charge in [0.15, 0.2) is 6.04 Å². The van der Waals surface area contributed by atoms with Crippen LogP contribution in [0.3, 0.4) is 0 Å². The first kappa shape index (κ1) is 39.4. The monoisotopic (exact) mass is 698 g/mol. The van der Waals surface area contributed by atoms with E-state index < -0.39 is 11.6 Å². The summed E-state index contributed by atoms with van der Waals surface area (Å²) in [7, 11) is 0. The van der Waals surface area contributed by atoms with E-state index >= 15 is 0 Å². The highest BCUT2D eigenvalue weighted by Crippen LogP contribution is 2.28. The van der Waals surface area contributed by atoms with Gasteiger partial charge in [-0.25, -0.2) is 0 Å². The molecule has 0 radical (unpaired) electrons. The average Bonchev–Trinajstić information content (AvgIpc) is 3.64. The number of nitrogens with zero attached hydrogens (tertiary/aromatic N) is 2. The van der Waals surface area contributed by atoms with Crippen molar-refractivity contribution >= 4 is 23.6 Å². The Morgan fingerprint density at radius 1 is 0.745 bits per heavy atom. The molecule has 0 spiro atoms. The average molecular weight is 699 g/mol. The molecule has 4 bridgehead atoms. The molecule has 1 atom stereocenters. The molecule has 4 amide bonds. The van der Waals surface area contributed by atoms with E-state index in [4.69, 9.17) is 4.42 Å². The van der Waals surface area contributed by atoms with Gasteiger partial charge in [0, 0.05) is 36.3 Å². The molecule has 9 nitrogen and oxygen atoms in total. The van der Waals surface area contributed by atoms with Crippen LogP contribution in [0.5, 0.6) is 0 Å². The number of nitrogens with one attached hydrogen (secondary N) is 2. The van der Waals surface area contributed by atoms with Crippen LogP contribution in [0.1, 0.15) is 137 Å². The molecule has 2 N–H and O–H groups in total. The fourth-order valence-corrected chi connectivity index (χ4v) is 6.62. The maximum atomic E-state index is 14.4. The molecule has 0 fully saturated rings. The molecule has 4 rings (SSSR count). The van der Waals surface area contributed by atoms with Crippen molar-refractivity contribution in [1.82, 2.24) is 20.4 Å². The maximum Gasteiger partial charge on any atom is 0.254 e. The zero-order chi connectivity index (χ0) is 36.6. The Morgan fingerprint density at radius 2 is 1.31 bits per heavy atom. The third kappa shape index (κ3) is 12.4. The summed E-state index contributed by atoms with van der Waals surface area (Å²) in [6.45, 7) is 8.95. The predicted octanol–water partition coefficient (Wildman–Crippen LogP) is 8.32. The molecule has 276 valence electrons. The van der Waals surface area contributed by atoms with Gasteiger partial charge in [-0.05, 0) is 87.6 Å². The molecule has 2 heterocycles. The van der Waals surface area contributed by atoms with E-state index in [9.17, 15) is 19.2 Å². The van der Waals surface area contributed by atoms with Gasteiger partial charge in [-0.2, -0.15) is 0 Å². The number of furan rings is 1. The number of hydrogen-bond acceptors (Lipinski definition) is 5. The van der Waals surface area contributed by atoms with Gasteiger partial charge in [0.1, 0.15) is 5.76 Å². The van der Waals surface area contributed by atoms with Crippen molar-refractivity contribution in [2.45, 2.75) is 116 Å². The van der Waals surface area contributed by atoms with Gasteiger partial charge in [0.2, 0.25) is 5.91 Å². The van der Waals surface area contributed by atoms with Crippen LogP contribution in [-0.4, -0.2) is 65.1 Å². The van der Waals surface area contributed by atoms with E-state index in [1.54, 1.807) is 46.2 Å². The first-order valence-electron chi connectivity index (χ1n) is 19.0. The van der Waals surface area contributed by atoms with Crippen LogP contribution in [0.2, 0.25) is 0 Å². The number of carbonyl (C=O) groups excluding carboxylic acids is 4. The van der Waals surface area contributed by atoms with Gasteiger partial charge in [0.05, 0.1) is 12.8 Å². The minimum absolute atomic E-state index is 0.0884. The zero-order valence-corrected chi connectivity index (χ0v) is 31.2. The predicted molar refractivity (Wildman–Crippen MR) is 202 cm³/mol. The summed E-state index contributed by atoms with van der Waals surface area (Å²) in [4.78, 5) is 58.3. The van der Waals surface area contributed by atoms with Gasteiger partial charge in [0.25, 0.3) is 17.7 Å². The van der Waals surface area contributed by atoms with E-state index in [0.717, 1.165) is 30.4 Å². The molecule has 1 aliphatic rings. The van der Waals surface area contributed by atoms with Crippen molar-refractivity contribution in [1.29, 1.82) is 0 Å². The zero-order valence-electron chi connectivity index (χ0n) is 31.2. The standard InChI is InChI=1S/C42H58N4O5/c1-5-6-7-8-9-10-11-12-13-14-25-43-39(48)38(36-24-19-28-51-36)46-27-16-15-26-45(31-37(47)44-42(2,3)4)40(49)34-22-17-20-32(29-34)33-21-18-23-35(30-33)41(46)50/h17-24,28-30,38H,5-16,25-27,31H2,1-4H3,(H,43,48)(H,44,47). The van der Waals surface area contributed by atoms with Crippen LogP contribution >= 0.6 is 0 Å². The Labute approximate surface area is 304 Å². The minimum Gasteiger partial charge on any atom is -0.467 e. The molecule has 0 saturated carbocycles. The molecule has 3 aromatic rings. The van der Waals surface area contributed by atoms with E-state index in [1.807, 2.05) is 45.0 Å². The molecule has 9 heteroatoms. The number of carbonyl (C=O) groups is 4. The van der Waals surface area contributed by atoms with Crippen molar-refractivity contribution in [2.24, 2.45) is 0 Å². The first-order valence-corrected chi connectivity index (χ1v) is 19.0. The summed E-state index contributed by atoms with van der Waals surface area (Å²) >= 11 is 0. The Balaban J connectivity index is 1.53. The van der Waals surface area contributed by atoms with Gasteiger partial charge in [-0.15, -0.1) is 0 Å². The first-order chi connectivity index (χ1) is 24.6. The largest absolute Gasteiger partial charge is 0.467 e. The molecular formula is C42H58N4O5. The van der Waals surface area contributed by atoms with Crippen molar-refractivity contribution < 1.29 is 23.6 Å². The summed E-state index contributed by atoms with van der Waals surface area (Å²) in [6.07, 6.45) is 14.6. The summed E-state index contributed by atoms with van der Waals surface area (Å²) in [5.41, 5.74) is 2.02. The lowest BCUT2D eigenvalue weighted by Gasteiger charge is -2.31. The summed E-state index contributed by atoms with van der Waals surface area (Å²) in [5, 5.41) is 6.05. The highest BCUT2D eigenvalue weighted by molar-refractivity contribution is 6.00. The number of unbranched alkanes of at least 4 members (excludes halogenated alkanes) is 9. The lowest BCUT2D eigenvalue weighted by molar-refractivity contribution is -0.126.